The minimum atomic E-state index is -5.08. The lowest BCUT2D eigenvalue weighted by molar-refractivity contribution is -0.192. The number of aliphatic carboxylic acids is 2. The van der Waals surface area contributed by atoms with Gasteiger partial charge in [-0.1, -0.05) is 75.4 Å². The van der Waals surface area contributed by atoms with E-state index in [1.165, 1.54) is 0 Å². The molecule has 0 fully saturated rings. The smallest absolute Gasteiger partial charge is 0.481 e. The van der Waals surface area contributed by atoms with E-state index in [-0.39, 0.29) is 38.0 Å². The van der Waals surface area contributed by atoms with Crippen molar-refractivity contribution in [3.63, 3.8) is 0 Å². The summed E-state index contributed by atoms with van der Waals surface area (Å²) in [6.07, 6.45) is -6.03. The number of carbonyl (C=O) groups excluding carboxylic acids is 3. The Hall–Kier alpha value is -4.62. The summed E-state index contributed by atoms with van der Waals surface area (Å²) in [6, 6.07) is 16.3. The lowest BCUT2D eigenvalue weighted by Crippen LogP contribution is -2.40. The zero-order valence-electron chi connectivity index (χ0n) is 23.3. The van der Waals surface area contributed by atoms with E-state index in [1.54, 1.807) is 12.1 Å². The summed E-state index contributed by atoms with van der Waals surface area (Å²) in [5.74, 6) is -4.77. The van der Waals surface area contributed by atoms with Crippen LogP contribution in [0.1, 0.15) is 45.2 Å². The lowest BCUT2D eigenvalue weighted by Gasteiger charge is -2.18. The number of hydrogen-bond donors (Lipinski definition) is 5. The van der Waals surface area contributed by atoms with Gasteiger partial charge in [0.05, 0.1) is 25.6 Å². The second kappa shape index (κ2) is 16.6. The van der Waals surface area contributed by atoms with Crippen LogP contribution in [0.5, 0.6) is 0 Å². The van der Waals surface area contributed by atoms with Crippen LogP contribution in [0.15, 0.2) is 54.6 Å². The molecular weight excluding hydrogens is 563 g/mol. The molecule has 1 atom stereocenters. The second-order valence-electron chi connectivity index (χ2n) is 10.1. The van der Waals surface area contributed by atoms with Crippen molar-refractivity contribution in [2.45, 2.75) is 45.8 Å². The maximum atomic E-state index is 12.4. The largest absolute Gasteiger partial charge is 0.490 e. The van der Waals surface area contributed by atoms with Crippen molar-refractivity contribution in [1.29, 1.82) is 0 Å². The van der Waals surface area contributed by atoms with E-state index < -0.39 is 42.1 Å². The molecule has 0 radical (unpaired) electrons. The predicted octanol–water partition coefficient (Wildman–Crippen LogP) is 3.90. The van der Waals surface area contributed by atoms with Gasteiger partial charge in [-0.05, 0) is 22.1 Å². The highest BCUT2D eigenvalue weighted by molar-refractivity contribution is 5.85. The first-order valence-electron chi connectivity index (χ1n) is 12.6. The van der Waals surface area contributed by atoms with Crippen LogP contribution in [0.25, 0.3) is 11.1 Å². The number of alkyl halides is 3. The summed E-state index contributed by atoms with van der Waals surface area (Å²) in [5, 5.41) is 24.0. The third kappa shape index (κ3) is 15.2. The number of carboxylic acid groups (broad SMARTS) is 2. The minimum absolute atomic E-state index is 0.0304. The molecule has 0 saturated carbocycles. The standard InChI is InChI=1S/C26H33N3O6.C2HF3O2/c1-26(2,3)17-35-25(34)27-14-13-22(30)28-16-23(31)29-21(15-24(32)33)20-11-9-19(10-12-20)18-7-5-4-6-8-18;3-2(4,5)1(6)7/h4-12,21H,13-17H2,1-3H3,(H,27,34)(H,28,30)(H,29,31)(H,32,33);(H,6,7). The monoisotopic (exact) mass is 597 g/mol. The molecule has 0 aromatic heterocycles. The maximum absolute atomic E-state index is 12.4. The van der Waals surface area contributed by atoms with Gasteiger partial charge in [-0.15, -0.1) is 0 Å². The predicted molar refractivity (Wildman–Crippen MR) is 145 cm³/mol. The number of carbonyl (C=O) groups is 5. The van der Waals surface area contributed by atoms with Crippen molar-refractivity contribution < 1.29 is 52.1 Å². The molecule has 1 unspecified atom stereocenters. The Balaban J connectivity index is 0.00000112. The van der Waals surface area contributed by atoms with Crippen LogP contribution in [0, 0.1) is 5.41 Å². The zero-order valence-corrected chi connectivity index (χ0v) is 23.3. The van der Waals surface area contributed by atoms with E-state index in [2.05, 4.69) is 16.0 Å². The number of carboxylic acids is 2. The molecule has 0 bridgehead atoms. The molecule has 0 spiro atoms. The highest BCUT2D eigenvalue weighted by atomic mass is 19.4. The number of halogens is 3. The minimum Gasteiger partial charge on any atom is -0.481 e. The summed E-state index contributed by atoms with van der Waals surface area (Å²) in [5.41, 5.74) is 2.48. The van der Waals surface area contributed by atoms with Crippen molar-refractivity contribution in [2.24, 2.45) is 5.41 Å². The van der Waals surface area contributed by atoms with Crippen LogP contribution >= 0.6 is 0 Å². The van der Waals surface area contributed by atoms with Gasteiger partial charge < -0.3 is 30.9 Å². The van der Waals surface area contributed by atoms with Gasteiger partial charge >= 0.3 is 24.2 Å². The molecule has 42 heavy (non-hydrogen) atoms. The second-order valence-corrected chi connectivity index (χ2v) is 10.1. The number of benzene rings is 2. The van der Waals surface area contributed by atoms with E-state index >= 15 is 0 Å². The van der Waals surface area contributed by atoms with Gasteiger partial charge in [-0.2, -0.15) is 13.2 Å². The van der Waals surface area contributed by atoms with Crippen molar-refractivity contribution in [3.8, 4) is 11.1 Å². The summed E-state index contributed by atoms with van der Waals surface area (Å²) in [6.45, 7) is 5.79. The molecule has 0 heterocycles. The Labute approximate surface area is 240 Å². The molecule has 0 saturated heterocycles. The molecule has 11 nitrogen and oxygen atoms in total. The van der Waals surface area contributed by atoms with Crippen LogP contribution < -0.4 is 16.0 Å². The average molecular weight is 598 g/mol. The summed E-state index contributed by atoms with van der Waals surface area (Å²) < 4.78 is 36.8. The van der Waals surface area contributed by atoms with Crippen molar-refractivity contribution >= 4 is 29.8 Å². The number of alkyl carbamates (subject to hydrolysis) is 1. The fourth-order valence-electron chi connectivity index (χ4n) is 3.09. The van der Waals surface area contributed by atoms with E-state index in [0.717, 1.165) is 11.1 Å². The fourth-order valence-corrected chi connectivity index (χ4v) is 3.09. The van der Waals surface area contributed by atoms with Crippen LogP contribution in [0.2, 0.25) is 0 Å². The summed E-state index contributed by atoms with van der Waals surface area (Å²) in [4.78, 5) is 56.2. The van der Waals surface area contributed by atoms with Gasteiger partial charge in [0, 0.05) is 13.0 Å². The molecule has 3 amide bonds. The maximum Gasteiger partial charge on any atom is 0.490 e. The molecule has 0 aliphatic heterocycles. The van der Waals surface area contributed by atoms with Gasteiger partial charge in [0.2, 0.25) is 11.8 Å². The van der Waals surface area contributed by atoms with Crippen LogP contribution in [-0.2, 0) is 23.9 Å². The molecule has 2 aromatic carbocycles. The van der Waals surface area contributed by atoms with Gasteiger partial charge in [-0.25, -0.2) is 9.59 Å². The first-order valence-corrected chi connectivity index (χ1v) is 12.6. The third-order valence-electron chi connectivity index (χ3n) is 5.08. The number of nitrogens with one attached hydrogen (secondary N) is 3. The average Bonchev–Trinajstić information content (AvgIpc) is 2.90. The molecule has 0 aliphatic carbocycles. The molecule has 230 valence electrons. The normalized spacial score (nSPS) is 11.7. The van der Waals surface area contributed by atoms with Crippen molar-refractivity contribution in [2.75, 3.05) is 19.7 Å². The van der Waals surface area contributed by atoms with E-state index in [1.807, 2.05) is 63.2 Å². The number of rotatable bonds is 11. The number of hydrogen-bond acceptors (Lipinski definition) is 6. The third-order valence-corrected chi connectivity index (χ3v) is 5.08. The van der Waals surface area contributed by atoms with E-state index in [9.17, 15) is 37.5 Å². The zero-order chi connectivity index (χ0) is 31.9. The highest BCUT2D eigenvalue weighted by Gasteiger charge is 2.38. The van der Waals surface area contributed by atoms with E-state index in [0.29, 0.717) is 5.56 Å². The SMILES string of the molecule is CC(C)(C)COC(=O)NCCC(=O)NCC(=O)NC(CC(=O)O)c1ccc(-c2ccccc2)cc1.O=C(O)C(F)(F)F. The van der Waals surface area contributed by atoms with Gasteiger partial charge in [0.1, 0.15) is 0 Å². The Bertz CT molecular complexity index is 1200. The molecular formula is C28H34F3N3O8. The van der Waals surface area contributed by atoms with E-state index in [4.69, 9.17) is 14.6 Å². The van der Waals surface area contributed by atoms with Crippen molar-refractivity contribution in [3.05, 3.63) is 60.2 Å². The van der Waals surface area contributed by atoms with Gasteiger partial charge in [0.15, 0.2) is 0 Å². The lowest BCUT2D eigenvalue weighted by atomic mass is 9.99. The van der Waals surface area contributed by atoms with Gasteiger partial charge in [0.25, 0.3) is 0 Å². The quantitative estimate of drug-likeness (QED) is 0.260. The van der Waals surface area contributed by atoms with Crippen LogP contribution in [-0.4, -0.2) is 65.9 Å². The highest BCUT2D eigenvalue weighted by Crippen LogP contribution is 2.23. The molecule has 5 N–H and O–H groups in total. The molecule has 0 aliphatic rings. The number of ether oxygens (including phenoxy) is 1. The van der Waals surface area contributed by atoms with Gasteiger partial charge in [-0.3, -0.25) is 14.4 Å². The van der Waals surface area contributed by atoms with Crippen LogP contribution in [0.3, 0.4) is 0 Å². The first kappa shape index (κ1) is 35.4. The molecule has 14 heteroatoms. The number of amides is 3. The first-order chi connectivity index (χ1) is 19.5. The fraction of sp³-hybridized carbons (Fsp3) is 0.393. The molecule has 2 aromatic rings. The Morgan fingerprint density at radius 2 is 1.38 bits per heavy atom. The van der Waals surface area contributed by atoms with Crippen LogP contribution in [0.4, 0.5) is 18.0 Å². The topological polar surface area (TPSA) is 171 Å². The summed E-state index contributed by atoms with van der Waals surface area (Å²) >= 11 is 0. The summed E-state index contributed by atoms with van der Waals surface area (Å²) in [7, 11) is 0. The Kier molecular flexibility index (Phi) is 14.0. The Morgan fingerprint density at radius 3 is 1.88 bits per heavy atom. The van der Waals surface area contributed by atoms with Crippen molar-refractivity contribution in [1.82, 2.24) is 16.0 Å². The molecule has 2 rings (SSSR count). The Morgan fingerprint density at radius 1 is 0.833 bits per heavy atom.